The zero-order valence-electron chi connectivity index (χ0n) is 15.4. The molecule has 27 heavy (non-hydrogen) atoms. The smallest absolute Gasteiger partial charge is 0.207 e. The van der Waals surface area contributed by atoms with Gasteiger partial charge in [-0.2, -0.15) is 5.10 Å². The van der Waals surface area contributed by atoms with Gasteiger partial charge in [-0.05, 0) is 54.9 Å². The van der Waals surface area contributed by atoms with Crippen LogP contribution in [-0.2, 0) is 5.41 Å². The average molecular weight is 367 g/mol. The van der Waals surface area contributed by atoms with E-state index in [-0.39, 0.29) is 22.6 Å². The molecule has 2 heterocycles. The van der Waals surface area contributed by atoms with E-state index in [1.807, 2.05) is 6.92 Å². The van der Waals surface area contributed by atoms with Crippen LogP contribution < -0.4 is 0 Å². The van der Waals surface area contributed by atoms with Crippen LogP contribution in [0.1, 0.15) is 55.4 Å². The summed E-state index contributed by atoms with van der Waals surface area (Å²) in [5, 5.41) is 8.68. The average Bonchev–Trinajstić information content (AvgIpc) is 3.22. The Morgan fingerprint density at radius 3 is 2.56 bits per heavy atom. The molecular formula is C21H19F2N3O. The first-order chi connectivity index (χ1) is 12.9. The molecule has 1 fully saturated rings. The summed E-state index contributed by atoms with van der Waals surface area (Å²) in [6, 6.07) is 5.62. The van der Waals surface area contributed by atoms with Crippen molar-refractivity contribution < 1.29 is 13.2 Å². The quantitative estimate of drug-likeness (QED) is 0.645. The van der Waals surface area contributed by atoms with E-state index in [0.717, 1.165) is 29.8 Å². The Balaban J connectivity index is 1.73. The summed E-state index contributed by atoms with van der Waals surface area (Å²) in [4.78, 5) is 4.61. The van der Waals surface area contributed by atoms with Gasteiger partial charge < -0.3 is 4.42 Å². The first-order valence-corrected chi connectivity index (χ1v) is 9.11. The second-order valence-electron chi connectivity index (χ2n) is 8.14. The van der Waals surface area contributed by atoms with Gasteiger partial charge in [0.25, 0.3) is 0 Å². The Kier molecular flexibility index (Phi) is 3.19. The molecule has 0 unspecified atom stereocenters. The van der Waals surface area contributed by atoms with Gasteiger partial charge in [-0.1, -0.05) is 19.9 Å². The number of aryl methyl sites for hydroxylation is 1. The third-order valence-corrected chi connectivity index (χ3v) is 6.59. The lowest BCUT2D eigenvalue weighted by Gasteiger charge is -2.34. The molecule has 1 aromatic carbocycles. The van der Waals surface area contributed by atoms with Crippen molar-refractivity contribution in [1.82, 2.24) is 15.2 Å². The van der Waals surface area contributed by atoms with Crippen molar-refractivity contribution in [2.45, 2.75) is 44.9 Å². The molecule has 2 bridgehead atoms. The Labute approximate surface area is 155 Å². The lowest BCUT2D eigenvalue weighted by molar-refractivity contribution is 0.206. The van der Waals surface area contributed by atoms with Crippen molar-refractivity contribution in [2.75, 3.05) is 0 Å². The van der Waals surface area contributed by atoms with Gasteiger partial charge in [0, 0.05) is 0 Å². The Morgan fingerprint density at radius 2 is 1.89 bits per heavy atom. The topological polar surface area (TPSA) is 51.8 Å². The minimum absolute atomic E-state index is 0.130. The third-order valence-electron chi connectivity index (χ3n) is 6.59. The predicted molar refractivity (Wildman–Crippen MR) is 95.2 cm³/mol. The first kappa shape index (κ1) is 16.5. The van der Waals surface area contributed by atoms with Gasteiger partial charge in [0.2, 0.25) is 5.89 Å². The van der Waals surface area contributed by atoms with E-state index in [1.54, 1.807) is 12.3 Å². The summed E-state index contributed by atoms with van der Waals surface area (Å²) in [7, 11) is 0. The van der Waals surface area contributed by atoms with E-state index >= 15 is 0 Å². The molecule has 0 N–H and O–H groups in total. The first-order valence-electron chi connectivity index (χ1n) is 9.11. The van der Waals surface area contributed by atoms with Crippen LogP contribution in [0, 0.1) is 24.0 Å². The fourth-order valence-electron chi connectivity index (χ4n) is 5.21. The monoisotopic (exact) mass is 367 g/mol. The largest absolute Gasteiger partial charge is 0.448 e. The lowest BCUT2D eigenvalue weighted by Crippen LogP contribution is -2.37. The van der Waals surface area contributed by atoms with Crippen LogP contribution in [0.5, 0.6) is 0 Å². The molecule has 0 spiro atoms. The van der Waals surface area contributed by atoms with Gasteiger partial charge in [0.1, 0.15) is 17.9 Å². The molecule has 4 nitrogen and oxygen atoms in total. The molecule has 2 aliphatic carbocycles. The summed E-state index contributed by atoms with van der Waals surface area (Å²) < 4.78 is 34.3. The number of oxazole rings is 1. The molecule has 3 aromatic rings. The molecule has 0 saturated heterocycles. The second kappa shape index (κ2) is 5.21. The van der Waals surface area contributed by atoms with Crippen molar-refractivity contribution in [3.63, 3.8) is 0 Å². The van der Waals surface area contributed by atoms with Crippen molar-refractivity contribution in [3.8, 4) is 11.3 Å². The van der Waals surface area contributed by atoms with Crippen LogP contribution in [0.3, 0.4) is 0 Å². The van der Waals surface area contributed by atoms with E-state index in [0.29, 0.717) is 5.89 Å². The minimum Gasteiger partial charge on any atom is -0.448 e. The number of fused-ring (bicyclic) bond motifs is 5. The molecule has 0 amide bonds. The van der Waals surface area contributed by atoms with Crippen LogP contribution in [0.4, 0.5) is 8.78 Å². The summed E-state index contributed by atoms with van der Waals surface area (Å²) >= 11 is 0. The molecule has 5 rings (SSSR count). The molecule has 2 aliphatic rings. The van der Waals surface area contributed by atoms with Crippen molar-refractivity contribution in [3.05, 3.63) is 65.0 Å². The molecule has 1 saturated carbocycles. The van der Waals surface area contributed by atoms with Gasteiger partial charge in [-0.15, -0.1) is 5.10 Å². The summed E-state index contributed by atoms with van der Waals surface area (Å²) in [5.41, 5.74) is 2.11. The maximum absolute atomic E-state index is 14.2. The van der Waals surface area contributed by atoms with E-state index in [2.05, 4.69) is 29.0 Å². The fourth-order valence-corrected chi connectivity index (χ4v) is 5.21. The molecule has 0 radical (unpaired) electrons. The van der Waals surface area contributed by atoms with Gasteiger partial charge in [0.15, 0.2) is 0 Å². The van der Waals surface area contributed by atoms with Crippen molar-refractivity contribution in [1.29, 1.82) is 0 Å². The van der Waals surface area contributed by atoms with Crippen LogP contribution in [0.15, 0.2) is 34.9 Å². The van der Waals surface area contributed by atoms with Crippen LogP contribution in [0.2, 0.25) is 0 Å². The standard InChI is InChI=1S/C21H19F2N3O/c1-11-10-27-19(24-11)21-8-7-13(20(21,2)3)12-9-16(25-26-18(12)21)17-14(22)5-4-6-15(17)23/h4-6,9-10,13H,7-8H2,1-3H3/t13-,21+/m0/s1. The Morgan fingerprint density at radius 1 is 1.15 bits per heavy atom. The molecule has 0 aliphatic heterocycles. The number of hydrogen-bond acceptors (Lipinski definition) is 4. The highest BCUT2D eigenvalue weighted by atomic mass is 19.1. The molecular weight excluding hydrogens is 348 g/mol. The van der Waals surface area contributed by atoms with E-state index < -0.39 is 17.0 Å². The van der Waals surface area contributed by atoms with Crippen LogP contribution in [-0.4, -0.2) is 15.2 Å². The fraction of sp³-hybridized carbons (Fsp3) is 0.381. The molecule has 6 heteroatoms. The summed E-state index contributed by atoms with van der Waals surface area (Å²) in [6.07, 6.45) is 3.48. The third kappa shape index (κ3) is 1.93. The highest BCUT2D eigenvalue weighted by Crippen LogP contribution is 2.69. The number of hydrogen-bond donors (Lipinski definition) is 0. The maximum atomic E-state index is 14.2. The molecule has 2 aromatic heterocycles. The Bertz CT molecular complexity index is 1050. The lowest BCUT2D eigenvalue weighted by atomic mass is 9.68. The number of aromatic nitrogens is 3. The minimum atomic E-state index is -0.635. The van der Waals surface area contributed by atoms with Crippen molar-refractivity contribution in [2.24, 2.45) is 5.41 Å². The SMILES string of the molecule is Cc1coc([C@@]23CC[C@@H](c4cc(-c5c(F)cccc5F)nnc42)C3(C)C)n1. The highest BCUT2D eigenvalue weighted by molar-refractivity contribution is 5.63. The van der Waals surface area contributed by atoms with E-state index in [1.165, 1.54) is 18.2 Å². The van der Waals surface area contributed by atoms with Gasteiger partial charge >= 0.3 is 0 Å². The number of nitrogens with zero attached hydrogens (tertiary/aromatic N) is 3. The van der Waals surface area contributed by atoms with Crippen LogP contribution in [0.25, 0.3) is 11.3 Å². The Hall–Kier alpha value is -2.63. The van der Waals surface area contributed by atoms with E-state index in [9.17, 15) is 8.78 Å². The number of rotatable bonds is 2. The predicted octanol–water partition coefficient (Wildman–Crippen LogP) is 4.92. The number of benzene rings is 1. The molecule has 138 valence electrons. The van der Waals surface area contributed by atoms with Crippen LogP contribution >= 0.6 is 0 Å². The molecule has 2 atom stereocenters. The zero-order valence-corrected chi connectivity index (χ0v) is 15.4. The van der Waals surface area contributed by atoms with Gasteiger partial charge in [0.05, 0.1) is 28.1 Å². The maximum Gasteiger partial charge on any atom is 0.207 e. The van der Waals surface area contributed by atoms with Crippen molar-refractivity contribution >= 4 is 0 Å². The second-order valence-corrected chi connectivity index (χ2v) is 8.14. The van der Waals surface area contributed by atoms with E-state index in [4.69, 9.17) is 4.42 Å². The summed E-state index contributed by atoms with van der Waals surface area (Å²) in [5.74, 6) is -0.399. The highest BCUT2D eigenvalue weighted by Gasteiger charge is 2.66. The van der Waals surface area contributed by atoms with Gasteiger partial charge in [-0.25, -0.2) is 13.8 Å². The normalized spacial score (nSPS) is 25.0. The summed E-state index contributed by atoms with van der Waals surface area (Å²) in [6.45, 7) is 6.28. The van der Waals surface area contributed by atoms with Gasteiger partial charge in [-0.3, -0.25) is 0 Å². The zero-order chi connectivity index (χ0) is 19.0. The number of halogens is 2.